The van der Waals surface area contributed by atoms with Crippen molar-refractivity contribution in [2.45, 2.75) is 0 Å². The zero-order valence-electron chi connectivity index (χ0n) is 5.70. The SMILES string of the molecule is O=Cc1cccc([O-])c1.[Li+]. The third kappa shape index (κ3) is 2.26. The van der Waals surface area contributed by atoms with Gasteiger partial charge in [-0.25, -0.2) is 0 Å². The molecular weight excluding hydrogens is 123 g/mol. The van der Waals surface area contributed by atoms with Gasteiger partial charge in [0.05, 0.1) is 0 Å². The Bertz CT molecular complexity index is 223. The Labute approximate surface area is 71.0 Å². The molecule has 2 nitrogen and oxygen atoms in total. The smallest absolute Gasteiger partial charge is 0.872 e. The maximum atomic E-state index is 10.5. The molecule has 46 valence electrons. The summed E-state index contributed by atoms with van der Waals surface area (Å²) in [6, 6.07) is 5.86. The fourth-order valence-electron chi connectivity index (χ4n) is 0.588. The van der Waals surface area contributed by atoms with Crippen LogP contribution in [-0.4, -0.2) is 6.29 Å². The molecule has 0 aliphatic rings. The van der Waals surface area contributed by atoms with E-state index in [1.165, 1.54) is 12.1 Å². The maximum absolute atomic E-state index is 10.5. The minimum absolute atomic E-state index is 0. The third-order valence-corrected chi connectivity index (χ3v) is 0.994. The Morgan fingerprint density at radius 2 is 2.10 bits per heavy atom. The molecule has 0 heterocycles. The van der Waals surface area contributed by atoms with Gasteiger partial charge in [0.25, 0.3) is 0 Å². The van der Waals surface area contributed by atoms with E-state index < -0.39 is 0 Å². The van der Waals surface area contributed by atoms with Crippen LogP contribution in [0.5, 0.6) is 5.75 Å². The Morgan fingerprint density at radius 3 is 2.50 bits per heavy atom. The van der Waals surface area contributed by atoms with E-state index in [0.29, 0.717) is 11.8 Å². The number of carbonyl (C=O) groups excluding carboxylic acids is 1. The van der Waals surface area contributed by atoms with E-state index in [1.54, 1.807) is 12.1 Å². The molecule has 1 aromatic carbocycles. The summed E-state index contributed by atoms with van der Waals surface area (Å²) in [5.74, 6) is -0.125. The molecule has 0 radical (unpaired) electrons. The van der Waals surface area contributed by atoms with Gasteiger partial charge in [-0.3, -0.25) is 4.79 Å². The molecule has 0 saturated heterocycles. The molecule has 0 amide bonds. The van der Waals surface area contributed by atoms with E-state index in [1.807, 2.05) is 0 Å². The molecule has 0 fully saturated rings. The molecule has 1 rings (SSSR count). The fraction of sp³-hybridized carbons (Fsp3) is 0. The molecule has 0 aliphatic carbocycles. The average Bonchev–Trinajstić information content (AvgIpc) is 1.88. The fourth-order valence-corrected chi connectivity index (χ4v) is 0.588. The quantitative estimate of drug-likeness (QED) is 0.312. The number of carbonyl (C=O) groups is 1. The first-order valence-corrected chi connectivity index (χ1v) is 2.55. The first-order valence-electron chi connectivity index (χ1n) is 2.55. The largest absolute Gasteiger partial charge is 1.00 e. The summed E-state index contributed by atoms with van der Waals surface area (Å²) in [6.45, 7) is 0. The van der Waals surface area contributed by atoms with Crippen molar-refractivity contribution in [2.75, 3.05) is 0 Å². The summed E-state index contributed by atoms with van der Waals surface area (Å²) in [5, 5.41) is 10.5. The molecule has 0 unspecified atom stereocenters. The summed E-state index contributed by atoms with van der Waals surface area (Å²) in [7, 11) is 0. The van der Waals surface area contributed by atoms with Gasteiger partial charge in [-0.05, 0) is 0 Å². The van der Waals surface area contributed by atoms with Crippen LogP contribution >= 0.6 is 0 Å². The first kappa shape index (κ1) is 9.29. The topological polar surface area (TPSA) is 40.1 Å². The van der Waals surface area contributed by atoms with Crippen molar-refractivity contribution < 1.29 is 28.8 Å². The maximum Gasteiger partial charge on any atom is 1.00 e. The second kappa shape index (κ2) is 4.16. The molecule has 0 saturated carbocycles. The molecule has 0 aliphatic heterocycles. The summed E-state index contributed by atoms with van der Waals surface area (Å²) in [6.07, 6.45) is 0.654. The predicted molar refractivity (Wildman–Crippen MR) is 31.3 cm³/mol. The van der Waals surface area contributed by atoms with Gasteiger partial charge in [0.2, 0.25) is 0 Å². The van der Waals surface area contributed by atoms with Gasteiger partial charge in [0.15, 0.2) is 0 Å². The van der Waals surface area contributed by atoms with Crippen molar-refractivity contribution in [3.8, 4) is 5.75 Å². The minimum Gasteiger partial charge on any atom is -0.872 e. The van der Waals surface area contributed by atoms with Crippen LogP contribution in [0.1, 0.15) is 10.4 Å². The number of benzene rings is 1. The van der Waals surface area contributed by atoms with Crippen LogP contribution in [0.15, 0.2) is 24.3 Å². The third-order valence-electron chi connectivity index (χ3n) is 0.994. The van der Waals surface area contributed by atoms with E-state index in [-0.39, 0.29) is 24.6 Å². The van der Waals surface area contributed by atoms with Crippen LogP contribution < -0.4 is 24.0 Å². The zero-order valence-corrected chi connectivity index (χ0v) is 5.70. The molecule has 0 atom stereocenters. The number of hydrogen-bond acceptors (Lipinski definition) is 2. The van der Waals surface area contributed by atoms with Gasteiger partial charge in [-0.1, -0.05) is 24.3 Å². The van der Waals surface area contributed by atoms with Crippen LogP contribution in [0.3, 0.4) is 0 Å². The van der Waals surface area contributed by atoms with Crippen LogP contribution in [0.25, 0.3) is 0 Å². The Hall–Kier alpha value is -0.713. The first-order chi connectivity index (χ1) is 4.33. The standard InChI is InChI=1S/C7H6O2.Li/c8-5-6-2-1-3-7(9)4-6;/h1-5,9H;/q;+1/p-1. The normalized spacial score (nSPS) is 8.00. The van der Waals surface area contributed by atoms with Crippen molar-refractivity contribution in [1.82, 2.24) is 0 Å². The average molecular weight is 128 g/mol. The van der Waals surface area contributed by atoms with E-state index in [0.717, 1.165) is 0 Å². The number of rotatable bonds is 1. The van der Waals surface area contributed by atoms with E-state index in [9.17, 15) is 9.90 Å². The Morgan fingerprint density at radius 1 is 1.40 bits per heavy atom. The second-order valence-electron chi connectivity index (χ2n) is 1.69. The molecule has 3 heteroatoms. The van der Waals surface area contributed by atoms with Gasteiger partial charge in [0.1, 0.15) is 6.29 Å². The van der Waals surface area contributed by atoms with Crippen LogP contribution in [0, 0.1) is 0 Å². The predicted octanol–water partition coefficient (Wildman–Crippen LogP) is -2.42. The Kier molecular flexibility index (Phi) is 3.86. The van der Waals surface area contributed by atoms with Gasteiger partial charge in [0, 0.05) is 5.56 Å². The minimum atomic E-state index is -0.125. The molecule has 0 aromatic heterocycles. The Balaban J connectivity index is 0.000000810. The van der Waals surface area contributed by atoms with Gasteiger partial charge in [-0.2, -0.15) is 0 Å². The monoisotopic (exact) mass is 128 g/mol. The summed E-state index contributed by atoms with van der Waals surface area (Å²) in [4.78, 5) is 10.0. The van der Waals surface area contributed by atoms with Crippen LogP contribution in [-0.2, 0) is 0 Å². The summed E-state index contributed by atoms with van der Waals surface area (Å²) < 4.78 is 0. The van der Waals surface area contributed by atoms with Crippen LogP contribution in [0.4, 0.5) is 0 Å². The van der Waals surface area contributed by atoms with Crippen molar-refractivity contribution in [1.29, 1.82) is 0 Å². The van der Waals surface area contributed by atoms with Crippen molar-refractivity contribution in [3.63, 3.8) is 0 Å². The molecule has 0 N–H and O–H groups in total. The molecule has 0 bridgehead atoms. The van der Waals surface area contributed by atoms with E-state index >= 15 is 0 Å². The molecule has 1 aromatic rings. The molecular formula is C7H5LiO2. The van der Waals surface area contributed by atoms with Crippen molar-refractivity contribution >= 4 is 6.29 Å². The van der Waals surface area contributed by atoms with Crippen LogP contribution in [0.2, 0.25) is 0 Å². The van der Waals surface area contributed by atoms with Gasteiger partial charge < -0.3 is 5.11 Å². The number of hydrogen-bond donors (Lipinski definition) is 0. The molecule has 10 heavy (non-hydrogen) atoms. The van der Waals surface area contributed by atoms with E-state index in [4.69, 9.17) is 0 Å². The summed E-state index contributed by atoms with van der Waals surface area (Å²) >= 11 is 0. The molecule has 0 spiro atoms. The van der Waals surface area contributed by atoms with Crippen molar-refractivity contribution in [3.05, 3.63) is 29.8 Å². The number of aldehydes is 1. The van der Waals surface area contributed by atoms with Gasteiger partial charge in [-0.15, -0.1) is 5.75 Å². The summed E-state index contributed by atoms with van der Waals surface area (Å²) in [5.41, 5.74) is 0.433. The van der Waals surface area contributed by atoms with Gasteiger partial charge >= 0.3 is 18.9 Å². The zero-order chi connectivity index (χ0) is 6.69. The van der Waals surface area contributed by atoms with Crippen molar-refractivity contribution in [2.24, 2.45) is 0 Å². The van der Waals surface area contributed by atoms with E-state index in [2.05, 4.69) is 0 Å². The second-order valence-corrected chi connectivity index (χ2v) is 1.69.